The topological polar surface area (TPSA) is 12.5 Å². The number of hydrogen-bond acceptors (Lipinski definition) is 2. The molecule has 0 radical (unpaired) electrons. The van der Waals surface area contributed by atoms with Gasteiger partial charge >= 0.3 is 0 Å². The molecule has 0 saturated carbocycles. The molecular weight excluding hydrogens is 290 g/mol. The molecule has 0 aliphatic heterocycles. The van der Waals surface area contributed by atoms with Crippen LogP contribution >= 0.6 is 15.9 Å². The zero-order chi connectivity index (χ0) is 13.4. The molecule has 0 aliphatic rings. The van der Waals surface area contributed by atoms with Gasteiger partial charge in [0.1, 0.15) is 0 Å². The second-order valence-electron chi connectivity index (χ2n) is 4.56. The smallest absolute Gasteiger partial charge is 0.0589 e. The van der Waals surface area contributed by atoms with E-state index in [0.717, 1.165) is 24.2 Å². The molecule has 0 spiro atoms. The SMILES string of the molecule is CCC(CC)N(CCOC)Cc1cccc(Br)c1. The molecule has 0 bridgehead atoms. The number of halogens is 1. The Morgan fingerprint density at radius 3 is 2.56 bits per heavy atom. The minimum absolute atomic E-state index is 0.638. The van der Waals surface area contributed by atoms with Crippen LogP contribution in [0.1, 0.15) is 32.3 Å². The molecule has 3 heteroatoms. The molecule has 0 aromatic heterocycles. The summed E-state index contributed by atoms with van der Waals surface area (Å²) in [6.45, 7) is 7.30. The third-order valence-electron chi connectivity index (χ3n) is 3.32. The van der Waals surface area contributed by atoms with E-state index in [4.69, 9.17) is 4.74 Å². The van der Waals surface area contributed by atoms with Gasteiger partial charge in [0, 0.05) is 30.7 Å². The summed E-state index contributed by atoms with van der Waals surface area (Å²) in [5.74, 6) is 0. The van der Waals surface area contributed by atoms with Gasteiger partial charge < -0.3 is 4.74 Å². The van der Waals surface area contributed by atoms with Crippen LogP contribution in [0.25, 0.3) is 0 Å². The monoisotopic (exact) mass is 313 g/mol. The first-order chi connectivity index (χ1) is 8.71. The van der Waals surface area contributed by atoms with E-state index in [1.54, 1.807) is 7.11 Å². The Hall–Kier alpha value is -0.380. The van der Waals surface area contributed by atoms with E-state index in [-0.39, 0.29) is 0 Å². The van der Waals surface area contributed by atoms with Gasteiger partial charge in [0.15, 0.2) is 0 Å². The maximum Gasteiger partial charge on any atom is 0.0589 e. The van der Waals surface area contributed by atoms with Crippen LogP contribution in [-0.4, -0.2) is 31.2 Å². The number of rotatable bonds is 8. The molecule has 0 saturated heterocycles. The van der Waals surface area contributed by atoms with E-state index in [0.29, 0.717) is 6.04 Å². The van der Waals surface area contributed by atoms with E-state index < -0.39 is 0 Å². The number of nitrogens with zero attached hydrogens (tertiary/aromatic N) is 1. The fourth-order valence-electron chi connectivity index (χ4n) is 2.27. The van der Waals surface area contributed by atoms with Crippen LogP contribution in [0, 0.1) is 0 Å². The molecule has 0 atom stereocenters. The minimum Gasteiger partial charge on any atom is -0.383 e. The lowest BCUT2D eigenvalue weighted by Crippen LogP contribution is -2.36. The van der Waals surface area contributed by atoms with Crippen LogP contribution in [0.15, 0.2) is 28.7 Å². The van der Waals surface area contributed by atoms with E-state index in [9.17, 15) is 0 Å². The van der Waals surface area contributed by atoms with Crippen LogP contribution < -0.4 is 0 Å². The summed E-state index contributed by atoms with van der Waals surface area (Å²) >= 11 is 3.53. The van der Waals surface area contributed by atoms with E-state index in [2.05, 4.69) is 58.9 Å². The predicted molar refractivity (Wildman–Crippen MR) is 80.8 cm³/mol. The highest BCUT2D eigenvalue weighted by molar-refractivity contribution is 9.10. The van der Waals surface area contributed by atoms with Crippen molar-refractivity contribution in [1.29, 1.82) is 0 Å². The van der Waals surface area contributed by atoms with E-state index >= 15 is 0 Å². The van der Waals surface area contributed by atoms with Gasteiger partial charge in [0.05, 0.1) is 6.61 Å². The van der Waals surface area contributed by atoms with Crippen molar-refractivity contribution in [1.82, 2.24) is 4.90 Å². The summed E-state index contributed by atoms with van der Waals surface area (Å²) in [7, 11) is 1.77. The van der Waals surface area contributed by atoms with Crippen molar-refractivity contribution in [2.45, 2.75) is 39.3 Å². The van der Waals surface area contributed by atoms with Crippen molar-refractivity contribution in [2.24, 2.45) is 0 Å². The zero-order valence-electron chi connectivity index (χ0n) is 11.7. The largest absolute Gasteiger partial charge is 0.383 e. The molecule has 2 nitrogen and oxygen atoms in total. The first-order valence-electron chi connectivity index (χ1n) is 6.68. The summed E-state index contributed by atoms with van der Waals surface area (Å²) in [6.07, 6.45) is 2.38. The van der Waals surface area contributed by atoms with Crippen molar-refractivity contribution in [3.8, 4) is 0 Å². The average Bonchev–Trinajstić information content (AvgIpc) is 2.37. The molecule has 0 aliphatic carbocycles. The Morgan fingerprint density at radius 1 is 1.28 bits per heavy atom. The van der Waals surface area contributed by atoms with Crippen LogP contribution in [-0.2, 0) is 11.3 Å². The lowest BCUT2D eigenvalue weighted by atomic mass is 10.1. The number of hydrogen-bond donors (Lipinski definition) is 0. The lowest BCUT2D eigenvalue weighted by molar-refractivity contribution is 0.110. The van der Waals surface area contributed by atoms with Gasteiger partial charge in [-0.05, 0) is 30.5 Å². The molecule has 18 heavy (non-hydrogen) atoms. The molecule has 0 N–H and O–H groups in total. The third kappa shape index (κ3) is 5.09. The average molecular weight is 314 g/mol. The van der Waals surface area contributed by atoms with Gasteiger partial charge in [0.25, 0.3) is 0 Å². The van der Waals surface area contributed by atoms with Crippen LogP contribution in [0.2, 0.25) is 0 Å². The fourth-order valence-corrected chi connectivity index (χ4v) is 2.72. The second kappa shape index (κ2) is 8.68. The van der Waals surface area contributed by atoms with Crippen LogP contribution in [0.4, 0.5) is 0 Å². The molecule has 0 heterocycles. The van der Waals surface area contributed by atoms with Crippen molar-refractivity contribution < 1.29 is 4.74 Å². The second-order valence-corrected chi connectivity index (χ2v) is 5.48. The molecular formula is C15H24BrNO. The normalized spacial score (nSPS) is 11.4. The van der Waals surface area contributed by atoms with Gasteiger partial charge in [-0.15, -0.1) is 0 Å². The van der Waals surface area contributed by atoms with Gasteiger partial charge in [-0.25, -0.2) is 0 Å². The van der Waals surface area contributed by atoms with Crippen molar-refractivity contribution >= 4 is 15.9 Å². The molecule has 1 aromatic carbocycles. The molecule has 1 rings (SSSR count). The Labute approximate surface area is 119 Å². The quantitative estimate of drug-likeness (QED) is 0.717. The van der Waals surface area contributed by atoms with Crippen molar-refractivity contribution in [3.63, 3.8) is 0 Å². The molecule has 102 valence electrons. The number of methoxy groups -OCH3 is 1. The molecule has 0 amide bonds. The highest BCUT2D eigenvalue weighted by atomic mass is 79.9. The maximum atomic E-state index is 5.22. The first kappa shape index (κ1) is 15.7. The van der Waals surface area contributed by atoms with Gasteiger partial charge in [-0.3, -0.25) is 4.90 Å². The zero-order valence-corrected chi connectivity index (χ0v) is 13.2. The summed E-state index contributed by atoms with van der Waals surface area (Å²) in [4.78, 5) is 2.52. The van der Waals surface area contributed by atoms with E-state index in [1.165, 1.54) is 18.4 Å². The first-order valence-corrected chi connectivity index (χ1v) is 7.48. The summed E-state index contributed by atoms with van der Waals surface area (Å²) in [6, 6.07) is 9.19. The summed E-state index contributed by atoms with van der Waals surface area (Å²) in [5.41, 5.74) is 1.35. The Morgan fingerprint density at radius 2 is 2.00 bits per heavy atom. The Balaban J connectivity index is 2.70. The number of ether oxygens (including phenoxy) is 1. The minimum atomic E-state index is 0.638. The number of benzene rings is 1. The Bertz CT molecular complexity index is 339. The van der Waals surface area contributed by atoms with Crippen LogP contribution in [0.5, 0.6) is 0 Å². The summed E-state index contributed by atoms with van der Waals surface area (Å²) in [5, 5.41) is 0. The standard InChI is InChI=1S/C15H24BrNO/c1-4-15(5-2)17(9-10-18-3)12-13-7-6-8-14(16)11-13/h6-8,11,15H,4-5,9-10,12H2,1-3H3. The molecule has 0 fully saturated rings. The van der Waals surface area contributed by atoms with Crippen molar-refractivity contribution in [3.05, 3.63) is 34.3 Å². The Kier molecular flexibility index (Phi) is 7.56. The third-order valence-corrected chi connectivity index (χ3v) is 3.81. The van der Waals surface area contributed by atoms with Crippen LogP contribution in [0.3, 0.4) is 0 Å². The molecule has 0 unspecified atom stereocenters. The lowest BCUT2D eigenvalue weighted by Gasteiger charge is -2.30. The van der Waals surface area contributed by atoms with Gasteiger partial charge in [-0.1, -0.05) is 41.9 Å². The highest BCUT2D eigenvalue weighted by Gasteiger charge is 2.15. The predicted octanol–water partition coefficient (Wildman–Crippen LogP) is 4.09. The maximum absolute atomic E-state index is 5.22. The summed E-state index contributed by atoms with van der Waals surface area (Å²) < 4.78 is 6.37. The fraction of sp³-hybridized carbons (Fsp3) is 0.600. The highest BCUT2D eigenvalue weighted by Crippen LogP contribution is 2.17. The molecule has 1 aromatic rings. The van der Waals surface area contributed by atoms with Gasteiger partial charge in [-0.2, -0.15) is 0 Å². The van der Waals surface area contributed by atoms with Gasteiger partial charge in [0.2, 0.25) is 0 Å². The van der Waals surface area contributed by atoms with Crippen molar-refractivity contribution in [2.75, 3.05) is 20.3 Å². The van der Waals surface area contributed by atoms with E-state index in [1.807, 2.05) is 0 Å².